The Morgan fingerprint density at radius 3 is 2.71 bits per heavy atom. The Balaban J connectivity index is 2.55. The van der Waals surface area contributed by atoms with Gasteiger partial charge in [-0.05, 0) is 20.0 Å². The molecule has 1 aromatic rings. The molecule has 14 heavy (non-hydrogen) atoms. The number of rotatable bonds is 4. The van der Waals surface area contributed by atoms with Gasteiger partial charge in [-0.2, -0.15) is 5.10 Å². The second-order valence-corrected chi connectivity index (χ2v) is 5.44. The van der Waals surface area contributed by atoms with Gasteiger partial charge in [-0.25, -0.2) is 0 Å². The molecule has 0 amide bonds. The number of hydrogen-bond acceptors (Lipinski definition) is 2. The maximum atomic E-state index is 4.32. The van der Waals surface area contributed by atoms with Crippen LogP contribution in [0.3, 0.4) is 0 Å². The molecule has 0 aliphatic heterocycles. The van der Waals surface area contributed by atoms with E-state index in [1.54, 1.807) is 0 Å². The Morgan fingerprint density at radius 1 is 1.64 bits per heavy atom. The molecule has 0 radical (unpaired) electrons. The van der Waals surface area contributed by atoms with E-state index in [1.807, 2.05) is 18.7 Å². The lowest BCUT2D eigenvalue weighted by Gasteiger charge is -2.17. The molecule has 0 saturated heterocycles. The lowest BCUT2D eigenvalue weighted by atomic mass is 10.3. The predicted molar refractivity (Wildman–Crippen MR) is 62.7 cm³/mol. The Morgan fingerprint density at radius 2 is 2.29 bits per heavy atom. The van der Waals surface area contributed by atoms with Crippen molar-refractivity contribution < 1.29 is 0 Å². The van der Waals surface area contributed by atoms with Gasteiger partial charge >= 0.3 is 0 Å². The van der Waals surface area contributed by atoms with Crippen molar-refractivity contribution in [3.8, 4) is 0 Å². The normalized spacial score (nSPS) is 13.6. The summed E-state index contributed by atoms with van der Waals surface area (Å²) in [4.78, 5) is 2.82. The van der Waals surface area contributed by atoms with Gasteiger partial charge in [-0.3, -0.25) is 9.58 Å². The maximum absolute atomic E-state index is 4.32. The molecular weight excluding hydrogens is 242 g/mol. The zero-order valence-electron chi connectivity index (χ0n) is 9.29. The van der Waals surface area contributed by atoms with Crippen LogP contribution in [0.4, 0.5) is 0 Å². The van der Waals surface area contributed by atoms with E-state index in [0.717, 1.165) is 18.8 Å². The molecule has 1 atom stereocenters. The third kappa shape index (κ3) is 3.42. The number of nitrogens with zero attached hydrogens (tertiary/aromatic N) is 3. The van der Waals surface area contributed by atoms with E-state index in [2.05, 4.69) is 46.0 Å². The Hall–Kier alpha value is -0.350. The van der Waals surface area contributed by atoms with Crippen LogP contribution in [-0.2, 0) is 13.6 Å². The monoisotopic (exact) mass is 259 g/mol. The van der Waals surface area contributed by atoms with Gasteiger partial charge in [0.05, 0.1) is 11.4 Å². The lowest BCUT2D eigenvalue weighted by Crippen LogP contribution is -2.25. The third-order valence-corrected chi connectivity index (χ3v) is 2.38. The molecule has 0 bridgehead atoms. The molecule has 1 aromatic heterocycles. The van der Waals surface area contributed by atoms with Crippen LogP contribution < -0.4 is 0 Å². The fourth-order valence-electron chi connectivity index (χ4n) is 1.58. The van der Waals surface area contributed by atoms with E-state index in [1.165, 1.54) is 5.69 Å². The SMILES string of the molecule is Cc1cc(CN(C)CC(C)Br)n(C)n1. The highest BCUT2D eigenvalue weighted by molar-refractivity contribution is 9.09. The summed E-state index contributed by atoms with van der Waals surface area (Å²) in [5, 5.41) is 4.32. The Bertz CT molecular complexity index is 294. The van der Waals surface area contributed by atoms with Crippen LogP contribution >= 0.6 is 15.9 Å². The standard InChI is InChI=1S/C10H18BrN3/c1-8(11)6-13(3)7-10-5-9(2)12-14(10)4/h5,8H,6-7H2,1-4H3. The summed E-state index contributed by atoms with van der Waals surface area (Å²) >= 11 is 3.55. The van der Waals surface area contributed by atoms with Crippen molar-refractivity contribution in [2.75, 3.05) is 13.6 Å². The zero-order chi connectivity index (χ0) is 10.7. The average Bonchev–Trinajstić information content (AvgIpc) is 2.28. The first-order valence-electron chi connectivity index (χ1n) is 4.81. The van der Waals surface area contributed by atoms with Crippen LogP contribution in [0.25, 0.3) is 0 Å². The number of aryl methyl sites for hydroxylation is 2. The van der Waals surface area contributed by atoms with Crippen LogP contribution in [0, 0.1) is 6.92 Å². The molecule has 1 rings (SSSR count). The van der Waals surface area contributed by atoms with E-state index >= 15 is 0 Å². The summed E-state index contributed by atoms with van der Waals surface area (Å²) in [6.07, 6.45) is 0. The van der Waals surface area contributed by atoms with Gasteiger partial charge in [0.25, 0.3) is 0 Å². The molecular formula is C10H18BrN3. The maximum Gasteiger partial charge on any atom is 0.0597 e. The fourth-order valence-corrected chi connectivity index (χ4v) is 2.08. The van der Waals surface area contributed by atoms with Crippen molar-refractivity contribution >= 4 is 15.9 Å². The van der Waals surface area contributed by atoms with Gasteiger partial charge in [0.1, 0.15) is 0 Å². The molecule has 0 aliphatic carbocycles. The van der Waals surface area contributed by atoms with Crippen LogP contribution in [0.5, 0.6) is 0 Å². The summed E-state index contributed by atoms with van der Waals surface area (Å²) in [7, 11) is 4.12. The highest BCUT2D eigenvalue weighted by Crippen LogP contribution is 2.07. The highest BCUT2D eigenvalue weighted by atomic mass is 79.9. The quantitative estimate of drug-likeness (QED) is 0.771. The van der Waals surface area contributed by atoms with Crippen LogP contribution in [0.2, 0.25) is 0 Å². The Kier molecular flexibility index (Phi) is 4.13. The number of hydrogen-bond donors (Lipinski definition) is 0. The van der Waals surface area contributed by atoms with E-state index < -0.39 is 0 Å². The minimum absolute atomic E-state index is 0.529. The largest absolute Gasteiger partial charge is 0.299 e. The van der Waals surface area contributed by atoms with E-state index in [0.29, 0.717) is 4.83 Å². The molecule has 1 unspecified atom stereocenters. The van der Waals surface area contributed by atoms with Crippen molar-refractivity contribution in [2.45, 2.75) is 25.2 Å². The number of alkyl halides is 1. The molecule has 0 N–H and O–H groups in total. The second kappa shape index (κ2) is 4.94. The van der Waals surface area contributed by atoms with Gasteiger partial charge in [0.15, 0.2) is 0 Å². The van der Waals surface area contributed by atoms with Gasteiger partial charge in [-0.1, -0.05) is 22.9 Å². The van der Waals surface area contributed by atoms with Crippen molar-refractivity contribution in [1.29, 1.82) is 0 Å². The zero-order valence-corrected chi connectivity index (χ0v) is 10.9. The van der Waals surface area contributed by atoms with Crippen LogP contribution in [0.1, 0.15) is 18.3 Å². The number of aromatic nitrogens is 2. The molecule has 0 fully saturated rings. The summed E-state index contributed by atoms with van der Waals surface area (Å²) < 4.78 is 1.95. The molecule has 0 aliphatic rings. The van der Waals surface area contributed by atoms with Gasteiger partial charge in [0.2, 0.25) is 0 Å². The summed E-state index contributed by atoms with van der Waals surface area (Å²) in [6, 6.07) is 2.13. The van der Waals surface area contributed by atoms with Crippen molar-refractivity contribution in [3.05, 3.63) is 17.5 Å². The van der Waals surface area contributed by atoms with E-state index in [4.69, 9.17) is 0 Å². The Labute approximate surface area is 94.2 Å². The highest BCUT2D eigenvalue weighted by Gasteiger charge is 2.07. The first kappa shape index (κ1) is 11.7. The van der Waals surface area contributed by atoms with E-state index in [9.17, 15) is 0 Å². The van der Waals surface area contributed by atoms with Crippen molar-refractivity contribution in [2.24, 2.45) is 7.05 Å². The molecule has 0 spiro atoms. The summed E-state index contributed by atoms with van der Waals surface area (Å²) in [6.45, 7) is 6.18. The summed E-state index contributed by atoms with van der Waals surface area (Å²) in [5.41, 5.74) is 2.35. The first-order chi connectivity index (χ1) is 6.49. The van der Waals surface area contributed by atoms with Crippen molar-refractivity contribution in [1.82, 2.24) is 14.7 Å². The lowest BCUT2D eigenvalue weighted by molar-refractivity contribution is 0.323. The molecule has 0 aromatic carbocycles. The van der Waals surface area contributed by atoms with Gasteiger partial charge in [-0.15, -0.1) is 0 Å². The molecule has 80 valence electrons. The smallest absolute Gasteiger partial charge is 0.0597 e. The van der Waals surface area contributed by atoms with Gasteiger partial charge < -0.3 is 0 Å². The van der Waals surface area contributed by atoms with Crippen LogP contribution in [0.15, 0.2) is 6.07 Å². The molecule has 1 heterocycles. The number of halogens is 1. The fraction of sp³-hybridized carbons (Fsp3) is 0.700. The topological polar surface area (TPSA) is 21.1 Å². The molecule has 3 nitrogen and oxygen atoms in total. The third-order valence-electron chi connectivity index (χ3n) is 2.09. The van der Waals surface area contributed by atoms with Crippen LogP contribution in [-0.4, -0.2) is 33.1 Å². The summed E-state index contributed by atoms with van der Waals surface area (Å²) in [5.74, 6) is 0. The van der Waals surface area contributed by atoms with Crippen molar-refractivity contribution in [3.63, 3.8) is 0 Å². The van der Waals surface area contributed by atoms with Gasteiger partial charge in [0, 0.05) is 25.0 Å². The first-order valence-corrected chi connectivity index (χ1v) is 5.72. The molecule has 0 saturated carbocycles. The second-order valence-electron chi connectivity index (χ2n) is 3.88. The minimum atomic E-state index is 0.529. The predicted octanol–water partition coefficient (Wildman–Crippen LogP) is 1.94. The average molecular weight is 260 g/mol. The molecule has 4 heteroatoms. The van der Waals surface area contributed by atoms with E-state index in [-0.39, 0.29) is 0 Å². The minimum Gasteiger partial charge on any atom is -0.299 e.